The first-order chi connectivity index (χ1) is 17.5. The van der Waals surface area contributed by atoms with Crippen molar-refractivity contribution in [3.63, 3.8) is 0 Å². The maximum Gasteiger partial charge on any atom is 0.326 e. The molecule has 0 saturated heterocycles. The lowest BCUT2D eigenvalue weighted by Gasteiger charge is -2.26. The highest BCUT2D eigenvalue weighted by molar-refractivity contribution is 5.95. The first kappa shape index (κ1) is 28.9. The molecule has 2 rings (SSSR count). The molecule has 1 aromatic carbocycles. The summed E-state index contributed by atoms with van der Waals surface area (Å²) in [6.07, 6.45) is 0.349. The van der Waals surface area contributed by atoms with Gasteiger partial charge in [-0.3, -0.25) is 19.2 Å². The molecule has 0 spiro atoms. The maximum absolute atomic E-state index is 12.8. The highest BCUT2D eigenvalue weighted by Gasteiger charge is 2.33. The van der Waals surface area contributed by atoms with Gasteiger partial charge in [0.05, 0.1) is 24.9 Å². The highest BCUT2D eigenvalue weighted by atomic mass is 16.4. The van der Waals surface area contributed by atoms with Crippen LogP contribution in [0.15, 0.2) is 42.9 Å². The molecule has 0 aliphatic carbocycles. The van der Waals surface area contributed by atoms with Crippen molar-refractivity contribution in [1.29, 1.82) is 0 Å². The second kappa shape index (κ2) is 13.7. The fourth-order valence-electron chi connectivity index (χ4n) is 3.36. The van der Waals surface area contributed by atoms with Gasteiger partial charge in [0.15, 0.2) is 0 Å². The van der Waals surface area contributed by atoms with Gasteiger partial charge in [0, 0.05) is 18.3 Å². The summed E-state index contributed by atoms with van der Waals surface area (Å²) < 4.78 is 0. The second-order valence-corrected chi connectivity index (χ2v) is 8.36. The molecular weight excluding hydrogens is 488 g/mol. The number of rotatable bonds is 14. The van der Waals surface area contributed by atoms with E-state index in [1.807, 2.05) is 0 Å². The number of carboxylic acid groups (broad SMARTS) is 2. The van der Waals surface area contributed by atoms with Crippen LogP contribution in [-0.4, -0.2) is 85.2 Å². The first-order valence-corrected chi connectivity index (χ1v) is 11.3. The van der Waals surface area contributed by atoms with Crippen molar-refractivity contribution in [2.45, 2.75) is 56.5 Å². The summed E-state index contributed by atoms with van der Waals surface area (Å²) in [5.41, 5.74) is 7.07. The average Bonchev–Trinajstić information content (AvgIpc) is 3.34. The third-order valence-corrected chi connectivity index (χ3v) is 5.30. The minimum absolute atomic E-state index is 0.125. The lowest BCUT2D eigenvalue weighted by Crippen LogP contribution is -2.60. The van der Waals surface area contributed by atoms with Crippen molar-refractivity contribution in [2.75, 3.05) is 0 Å². The Labute approximate surface area is 211 Å². The zero-order valence-corrected chi connectivity index (χ0v) is 20.0. The first-order valence-electron chi connectivity index (χ1n) is 11.3. The van der Waals surface area contributed by atoms with E-state index in [1.54, 1.807) is 30.3 Å². The van der Waals surface area contributed by atoms with Crippen LogP contribution in [0.3, 0.4) is 0 Å². The number of carbonyl (C=O) groups excluding carboxylic acids is 3. The Hall–Kier alpha value is -4.30. The standard InChI is InChI=1S/C23H30N6O8/c1-12(30)19(22(35)28-17(23(36)37)8-14-10-25-11-26-14)29-21(34)16(9-18(31)32)27-20(33)15(24)7-13-5-3-2-4-6-13/h2-6,10-12,15-17,19,30H,7-9,24H2,1H3,(H,25,26)(H,27,33)(H,28,35)(H,29,34)(H,31,32)(H,36,37). The molecule has 5 atom stereocenters. The van der Waals surface area contributed by atoms with Gasteiger partial charge in [0.1, 0.15) is 18.1 Å². The number of carbonyl (C=O) groups is 5. The number of H-pyrrole nitrogens is 1. The van der Waals surface area contributed by atoms with Gasteiger partial charge in [-0.2, -0.15) is 0 Å². The van der Waals surface area contributed by atoms with Gasteiger partial charge < -0.3 is 42.0 Å². The van der Waals surface area contributed by atoms with Gasteiger partial charge >= 0.3 is 11.9 Å². The Bertz CT molecular complexity index is 1080. The summed E-state index contributed by atoms with van der Waals surface area (Å²) in [5, 5.41) is 35.4. The SMILES string of the molecule is CC(O)C(NC(=O)C(CC(=O)O)NC(=O)C(N)Cc1ccccc1)C(=O)NC(Cc1cnc[nH]1)C(=O)O. The van der Waals surface area contributed by atoms with Crippen LogP contribution in [0.4, 0.5) is 0 Å². The second-order valence-electron chi connectivity index (χ2n) is 8.36. The monoisotopic (exact) mass is 518 g/mol. The molecule has 2 aromatic rings. The molecule has 5 unspecified atom stereocenters. The molecule has 1 aromatic heterocycles. The van der Waals surface area contributed by atoms with Crippen molar-refractivity contribution in [2.24, 2.45) is 5.73 Å². The number of hydrogen-bond donors (Lipinski definition) is 8. The fraction of sp³-hybridized carbons (Fsp3) is 0.391. The summed E-state index contributed by atoms with van der Waals surface area (Å²) in [6.45, 7) is 1.18. The smallest absolute Gasteiger partial charge is 0.326 e. The predicted octanol–water partition coefficient (Wildman–Crippen LogP) is -2.08. The molecule has 0 aliphatic rings. The van der Waals surface area contributed by atoms with Crippen molar-refractivity contribution in [1.82, 2.24) is 25.9 Å². The van der Waals surface area contributed by atoms with Crippen LogP contribution in [0.2, 0.25) is 0 Å². The minimum Gasteiger partial charge on any atom is -0.481 e. The number of aliphatic hydroxyl groups excluding tert-OH is 1. The third-order valence-electron chi connectivity index (χ3n) is 5.30. The quantitative estimate of drug-likeness (QED) is 0.136. The number of nitrogens with zero attached hydrogens (tertiary/aromatic N) is 1. The zero-order chi connectivity index (χ0) is 27.5. The summed E-state index contributed by atoms with van der Waals surface area (Å²) in [6, 6.07) is 3.00. The number of benzene rings is 1. The van der Waals surface area contributed by atoms with Crippen molar-refractivity contribution >= 4 is 29.7 Å². The molecule has 1 heterocycles. The topological polar surface area (TPSA) is 237 Å². The number of amides is 3. The summed E-state index contributed by atoms with van der Waals surface area (Å²) in [4.78, 5) is 67.5. The Morgan fingerprint density at radius 2 is 1.59 bits per heavy atom. The summed E-state index contributed by atoms with van der Waals surface area (Å²) >= 11 is 0. The van der Waals surface area contributed by atoms with Crippen LogP contribution in [-0.2, 0) is 36.8 Å². The number of hydrogen-bond acceptors (Lipinski definition) is 8. The normalized spacial score (nSPS) is 14.9. The van der Waals surface area contributed by atoms with E-state index >= 15 is 0 Å². The Morgan fingerprint density at radius 1 is 0.946 bits per heavy atom. The number of imidazole rings is 1. The van der Waals surface area contributed by atoms with E-state index in [9.17, 15) is 39.3 Å². The number of aromatic amines is 1. The minimum atomic E-state index is -1.65. The Kier molecular flexibility index (Phi) is 10.7. The van der Waals surface area contributed by atoms with Gasteiger partial charge in [-0.15, -0.1) is 0 Å². The molecule has 0 fully saturated rings. The van der Waals surface area contributed by atoms with Gasteiger partial charge in [0.2, 0.25) is 17.7 Å². The number of aromatic nitrogens is 2. The number of nitrogens with one attached hydrogen (secondary N) is 4. The number of nitrogens with two attached hydrogens (primary N) is 1. The van der Waals surface area contributed by atoms with Crippen LogP contribution in [0, 0.1) is 0 Å². The van der Waals surface area contributed by atoms with Crippen LogP contribution >= 0.6 is 0 Å². The Balaban J connectivity index is 2.08. The largest absolute Gasteiger partial charge is 0.481 e. The van der Waals surface area contributed by atoms with Crippen molar-refractivity contribution in [3.05, 3.63) is 54.1 Å². The third kappa shape index (κ3) is 9.35. The van der Waals surface area contributed by atoms with Crippen LogP contribution < -0.4 is 21.7 Å². The van der Waals surface area contributed by atoms with Gasteiger partial charge in [-0.25, -0.2) is 9.78 Å². The van der Waals surface area contributed by atoms with Crippen molar-refractivity contribution in [3.8, 4) is 0 Å². The number of carboxylic acids is 2. The molecule has 9 N–H and O–H groups in total. The molecule has 0 radical (unpaired) electrons. The lowest BCUT2D eigenvalue weighted by atomic mass is 10.0. The molecule has 0 bridgehead atoms. The molecule has 37 heavy (non-hydrogen) atoms. The van der Waals surface area contributed by atoms with E-state index in [4.69, 9.17) is 5.73 Å². The maximum atomic E-state index is 12.8. The Morgan fingerprint density at radius 3 is 2.14 bits per heavy atom. The predicted molar refractivity (Wildman–Crippen MR) is 128 cm³/mol. The van der Waals surface area contributed by atoms with Gasteiger partial charge in [0.25, 0.3) is 0 Å². The van der Waals surface area contributed by atoms with E-state index in [0.717, 1.165) is 5.56 Å². The molecule has 200 valence electrons. The van der Waals surface area contributed by atoms with Crippen LogP contribution in [0.1, 0.15) is 24.6 Å². The van der Waals surface area contributed by atoms with E-state index in [0.29, 0.717) is 5.69 Å². The molecular formula is C23H30N6O8. The van der Waals surface area contributed by atoms with E-state index in [1.165, 1.54) is 19.4 Å². The van der Waals surface area contributed by atoms with E-state index < -0.39 is 66.4 Å². The number of aliphatic carboxylic acids is 2. The molecule has 0 aliphatic heterocycles. The zero-order valence-electron chi connectivity index (χ0n) is 20.0. The summed E-state index contributed by atoms with van der Waals surface area (Å²) in [5.74, 6) is -5.70. The molecule has 3 amide bonds. The molecule has 14 heteroatoms. The molecule has 14 nitrogen and oxygen atoms in total. The lowest BCUT2D eigenvalue weighted by molar-refractivity contribution is -0.144. The summed E-state index contributed by atoms with van der Waals surface area (Å²) in [7, 11) is 0. The average molecular weight is 519 g/mol. The van der Waals surface area contributed by atoms with E-state index in [2.05, 4.69) is 25.9 Å². The van der Waals surface area contributed by atoms with Crippen LogP contribution in [0.25, 0.3) is 0 Å². The van der Waals surface area contributed by atoms with Gasteiger partial charge in [-0.05, 0) is 18.9 Å². The fourth-order valence-corrected chi connectivity index (χ4v) is 3.36. The van der Waals surface area contributed by atoms with Crippen LogP contribution in [0.5, 0.6) is 0 Å². The van der Waals surface area contributed by atoms with Gasteiger partial charge in [-0.1, -0.05) is 30.3 Å². The number of aliphatic hydroxyl groups is 1. The molecule has 0 saturated carbocycles. The highest BCUT2D eigenvalue weighted by Crippen LogP contribution is 2.05. The van der Waals surface area contributed by atoms with E-state index in [-0.39, 0.29) is 12.8 Å². The van der Waals surface area contributed by atoms with Crippen molar-refractivity contribution < 1.29 is 39.3 Å².